The van der Waals surface area contributed by atoms with E-state index in [2.05, 4.69) is 80.9 Å². The molecule has 1 heterocycles. The van der Waals surface area contributed by atoms with E-state index in [1.165, 1.54) is 16.8 Å². The Hall–Kier alpha value is -1.61. The molecule has 0 aliphatic heterocycles. The van der Waals surface area contributed by atoms with Gasteiger partial charge in [0, 0.05) is 17.8 Å². The summed E-state index contributed by atoms with van der Waals surface area (Å²) < 4.78 is 2.05. The van der Waals surface area contributed by atoms with Crippen molar-refractivity contribution < 1.29 is 0 Å². The lowest BCUT2D eigenvalue weighted by Gasteiger charge is -2.20. The summed E-state index contributed by atoms with van der Waals surface area (Å²) >= 11 is 0. The van der Waals surface area contributed by atoms with Crippen molar-refractivity contribution in [1.82, 2.24) is 15.1 Å². The summed E-state index contributed by atoms with van der Waals surface area (Å²) in [5, 5.41) is 8.18. The zero-order valence-corrected chi connectivity index (χ0v) is 14.1. The molecule has 3 nitrogen and oxygen atoms in total. The molecule has 2 rings (SSSR count). The van der Waals surface area contributed by atoms with E-state index in [1.54, 1.807) is 0 Å². The van der Waals surface area contributed by atoms with Gasteiger partial charge in [-0.3, -0.25) is 0 Å². The van der Waals surface area contributed by atoms with E-state index < -0.39 is 0 Å². The van der Waals surface area contributed by atoms with E-state index in [1.807, 2.05) is 0 Å². The summed E-state index contributed by atoms with van der Waals surface area (Å²) in [5.74, 6) is 0. The number of rotatable bonds is 4. The Morgan fingerprint density at radius 3 is 2.19 bits per heavy atom. The van der Waals surface area contributed by atoms with Gasteiger partial charge in [-0.15, -0.1) is 0 Å². The normalized spacial score (nSPS) is 11.9. The maximum Gasteiger partial charge on any atom is 0.0649 e. The standard InChI is InChI=1S/C18H27N3/c1-7-17-13(2)20-21(14(17)3)16-10-8-15(9-11-16)12-19-18(4,5)6/h8-11,19H,7,12H2,1-6H3. The molecule has 3 heteroatoms. The van der Waals surface area contributed by atoms with Gasteiger partial charge >= 0.3 is 0 Å². The molecule has 0 amide bonds. The van der Waals surface area contributed by atoms with E-state index in [0.717, 1.165) is 24.3 Å². The molecule has 21 heavy (non-hydrogen) atoms. The SMILES string of the molecule is CCc1c(C)nn(-c2ccc(CNC(C)(C)C)cc2)c1C. The molecule has 0 atom stereocenters. The summed E-state index contributed by atoms with van der Waals surface area (Å²) in [4.78, 5) is 0. The molecule has 1 N–H and O–H groups in total. The zero-order chi connectivity index (χ0) is 15.6. The molecule has 0 radical (unpaired) electrons. The molecule has 0 bridgehead atoms. The lowest BCUT2D eigenvalue weighted by Crippen LogP contribution is -2.35. The van der Waals surface area contributed by atoms with Gasteiger partial charge in [0.25, 0.3) is 0 Å². The van der Waals surface area contributed by atoms with Crippen LogP contribution in [0.1, 0.15) is 50.2 Å². The monoisotopic (exact) mass is 285 g/mol. The summed E-state index contributed by atoms with van der Waals surface area (Å²) in [6, 6.07) is 8.66. The Bertz CT molecular complexity index is 601. The van der Waals surface area contributed by atoms with Gasteiger partial charge in [0.05, 0.1) is 11.4 Å². The number of hydrogen-bond donors (Lipinski definition) is 1. The van der Waals surface area contributed by atoms with Gasteiger partial charge in [-0.2, -0.15) is 5.10 Å². The smallest absolute Gasteiger partial charge is 0.0649 e. The van der Waals surface area contributed by atoms with E-state index in [4.69, 9.17) is 0 Å². The number of hydrogen-bond acceptors (Lipinski definition) is 2. The zero-order valence-electron chi connectivity index (χ0n) is 14.1. The molecule has 0 fully saturated rings. The van der Waals surface area contributed by atoms with Gasteiger partial charge in [0.1, 0.15) is 0 Å². The summed E-state index contributed by atoms with van der Waals surface area (Å²) in [7, 11) is 0. The first-order valence-electron chi connectivity index (χ1n) is 7.71. The molecule has 0 spiro atoms. The first kappa shape index (κ1) is 15.8. The fraction of sp³-hybridized carbons (Fsp3) is 0.500. The molecule has 0 saturated carbocycles. The Balaban J connectivity index is 2.19. The molecular weight excluding hydrogens is 258 g/mol. The van der Waals surface area contributed by atoms with Crippen LogP contribution in [0.15, 0.2) is 24.3 Å². The molecule has 0 aliphatic carbocycles. The summed E-state index contributed by atoms with van der Waals surface area (Å²) in [5.41, 5.74) is 6.31. The Kier molecular flexibility index (Phi) is 4.52. The highest BCUT2D eigenvalue weighted by Gasteiger charge is 2.11. The van der Waals surface area contributed by atoms with Crippen molar-refractivity contribution in [3.05, 3.63) is 46.8 Å². The van der Waals surface area contributed by atoms with Gasteiger partial charge in [-0.1, -0.05) is 19.1 Å². The first-order chi connectivity index (χ1) is 9.81. The third-order valence-electron chi connectivity index (χ3n) is 3.80. The minimum atomic E-state index is 0.143. The average molecular weight is 285 g/mol. The fourth-order valence-corrected chi connectivity index (χ4v) is 2.56. The molecule has 2 aromatic rings. The highest BCUT2D eigenvalue weighted by atomic mass is 15.3. The maximum absolute atomic E-state index is 4.67. The van der Waals surface area contributed by atoms with Crippen molar-refractivity contribution >= 4 is 0 Å². The minimum absolute atomic E-state index is 0.143. The maximum atomic E-state index is 4.67. The predicted molar refractivity (Wildman–Crippen MR) is 89.0 cm³/mol. The lowest BCUT2D eigenvalue weighted by atomic mass is 10.1. The van der Waals surface area contributed by atoms with Gasteiger partial charge < -0.3 is 5.32 Å². The molecule has 1 aromatic heterocycles. The van der Waals surface area contributed by atoms with E-state index >= 15 is 0 Å². The quantitative estimate of drug-likeness (QED) is 0.922. The second-order valence-corrected chi connectivity index (χ2v) is 6.68. The number of nitrogens with one attached hydrogen (secondary N) is 1. The van der Waals surface area contributed by atoms with E-state index in [-0.39, 0.29) is 5.54 Å². The third-order valence-corrected chi connectivity index (χ3v) is 3.80. The van der Waals surface area contributed by atoms with Crippen molar-refractivity contribution in [2.45, 2.75) is 60.0 Å². The summed E-state index contributed by atoms with van der Waals surface area (Å²) in [6.45, 7) is 13.9. The van der Waals surface area contributed by atoms with Crippen LogP contribution in [0.3, 0.4) is 0 Å². The number of aromatic nitrogens is 2. The fourth-order valence-electron chi connectivity index (χ4n) is 2.56. The van der Waals surface area contributed by atoms with E-state index in [9.17, 15) is 0 Å². The largest absolute Gasteiger partial charge is 0.308 e. The third kappa shape index (κ3) is 3.73. The van der Waals surface area contributed by atoms with Crippen LogP contribution in [0.2, 0.25) is 0 Å². The van der Waals surface area contributed by atoms with Crippen LogP contribution in [-0.4, -0.2) is 15.3 Å². The van der Waals surface area contributed by atoms with E-state index in [0.29, 0.717) is 0 Å². The van der Waals surface area contributed by atoms with Crippen molar-refractivity contribution in [3.63, 3.8) is 0 Å². The van der Waals surface area contributed by atoms with Crippen molar-refractivity contribution in [2.24, 2.45) is 0 Å². The van der Waals surface area contributed by atoms with Gasteiger partial charge in [0.2, 0.25) is 0 Å². The highest BCUT2D eigenvalue weighted by Crippen LogP contribution is 2.18. The Morgan fingerprint density at radius 2 is 1.71 bits per heavy atom. The molecule has 0 unspecified atom stereocenters. The molecule has 114 valence electrons. The molecular formula is C18H27N3. The van der Waals surface area contributed by atoms with Crippen molar-refractivity contribution in [1.29, 1.82) is 0 Å². The number of aryl methyl sites for hydroxylation is 1. The van der Waals surface area contributed by atoms with Crippen molar-refractivity contribution in [2.75, 3.05) is 0 Å². The Labute approximate surface area is 128 Å². The second-order valence-electron chi connectivity index (χ2n) is 6.68. The molecule has 0 saturated heterocycles. The van der Waals surface area contributed by atoms with Gasteiger partial charge in [0.15, 0.2) is 0 Å². The number of benzene rings is 1. The number of nitrogens with zero attached hydrogens (tertiary/aromatic N) is 2. The second kappa shape index (κ2) is 6.02. The molecule has 0 aliphatic rings. The lowest BCUT2D eigenvalue weighted by molar-refractivity contribution is 0.424. The first-order valence-corrected chi connectivity index (χ1v) is 7.71. The topological polar surface area (TPSA) is 29.9 Å². The van der Waals surface area contributed by atoms with Crippen LogP contribution in [0, 0.1) is 13.8 Å². The van der Waals surface area contributed by atoms with Crippen molar-refractivity contribution in [3.8, 4) is 5.69 Å². The Morgan fingerprint density at radius 1 is 1.10 bits per heavy atom. The summed E-state index contributed by atoms with van der Waals surface area (Å²) in [6.07, 6.45) is 1.03. The van der Waals surface area contributed by atoms with Crippen LogP contribution in [0.25, 0.3) is 5.69 Å². The van der Waals surface area contributed by atoms with Crippen LogP contribution in [0.5, 0.6) is 0 Å². The van der Waals surface area contributed by atoms with Crippen LogP contribution < -0.4 is 5.32 Å². The van der Waals surface area contributed by atoms with Crippen LogP contribution in [0.4, 0.5) is 0 Å². The van der Waals surface area contributed by atoms with Gasteiger partial charge in [-0.25, -0.2) is 4.68 Å². The van der Waals surface area contributed by atoms with Crippen LogP contribution >= 0.6 is 0 Å². The minimum Gasteiger partial charge on any atom is -0.308 e. The van der Waals surface area contributed by atoms with Gasteiger partial charge in [-0.05, 0) is 64.3 Å². The predicted octanol–water partition coefficient (Wildman–Crippen LogP) is 3.94. The average Bonchev–Trinajstić information content (AvgIpc) is 2.71. The molecule has 1 aromatic carbocycles. The van der Waals surface area contributed by atoms with Crippen LogP contribution in [-0.2, 0) is 13.0 Å². The highest BCUT2D eigenvalue weighted by molar-refractivity contribution is 5.38.